The Kier molecular flexibility index (Phi) is 7.15. The van der Waals surface area contributed by atoms with Crippen LogP contribution in [0.5, 0.6) is 0 Å². The van der Waals surface area contributed by atoms with Crippen molar-refractivity contribution in [1.29, 1.82) is 0 Å². The summed E-state index contributed by atoms with van der Waals surface area (Å²) in [5.74, 6) is -0.825. The summed E-state index contributed by atoms with van der Waals surface area (Å²) in [7, 11) is 0. The second-order valence-electron chi connectivity index (χ2n) is 5.03. The number of amides is 1. The SMILES string of the molecule is CSc1ccc(C(=O)OCC(=O)NCCc2ccc(Cl)cc2)cc1. The molecule has 4 nitrogen and oxygen atoms in total. The largest absolute Gasteiger partial charge is 0.452 e. The van der Waals surface area contributed by atoms with Crippen molar-refractivity contribution in [1.82, 2.24) is 5.32 Å². The molecule has 126 valence electrons. The van der Waals surface area contributed by atoms with E-state index in [1.807, 2.05) is 42.7 Å². The molecule has 0 aliphatic rings. The molecule has 2 rings (SSSR count). The molecular weight excluding hydrogens is 346 g/mol. The normalized spacial score (nSPS) is 10.2. The number of benzene rings is 2. The lowest BCUT2D eigenvalue weighted by molar-refractivity contribution is -0.124. The Hall–Kier alpha value is -1.98. The van der Waals surface area contributed by atoms with Crippen LogP contribution >= 0.6 is 23.4 Å². The predicted molar refractivity (Wildman–Crippen MR) is 96.7 cm³/mol. The van der Waals surface area contributed by atoms with E-state index in [-0.39, 0.29) is 12.5 Å². The van der Waals surface area contributed by atoms with Crippen molar-refractivity contribution < 1.29 is 14.3 Å². The fourth-order valence-electron chi connectivity index (χ4n) is 1.99. The van der Waals surface area contributed by atoms with Gasteiger partial charge in [-0.2, -0.15) is 0 Å². The molecule has 0 aliphatic heterocycles. The lowest BCUT2D eigenvalue weighted by Gasteiger charge is -2.07. The van der Waals surface area contributed by atoms with E-state index in [0.29, 0.717) is 23.6 Å². The highest BCUT2D eigenvalue weighted by atomic mass is 35.5. The molecule has 24 heavy (non-hydrogen) atoms. The van der Waals surface area contributed by atoms with Gasteiger partial charge in [0, 0.05) is 16.5 Å². The summed E-state index contributed by atoms with van der Waals surface area (Å²) in [6.45, 7) is 0.185. The molecule has 0 radical (unpaired) electrons. The van der Waals surface area contributed by atoms with Crippen LogP contribution < -0.4 is 5.32 Å². The fourth-order valence-corrected chi connectivity index (χ4v) is 2.52. The summed E-state index contributed by atoms with van der Waals surface area (Å²) < 4.78 is 5.01. The van der Waals surface area contributed by atoms with Gasteiger partial charge >= 0.3 is 5.97 Å². The summed E-state index contributed by atoms with van der Waals surface area (Å²) in [6.07, 6.45) is 2.65. The van der Waals surface area contributed by atoms with Crippen molar-refractivity contribution in [3.8, 4) is 0 Å². The summed E-state index contributed by atoms with van der Waals surface area (Å²) >= 11 is 7.41. The van der Waals surface area contributed by atoms with Crippen LogP contribution in [0.3, 0.4) is 0 Å². The highest BCUT2D eigenvalue weighted by molar-refractivity contribution is 7.98. The predicted octanol–water partition coefficient (Wildman–Crippen LogP) is 3.58. The maximum atomic E-state index is 11.9. The number of halogens is 1. The van der Waals surface area contributed by atoms with E-state index in [1.54, 1.807) is 23.9 Å². The lowest BCUT2D eigenvalue weighted by Crippen LogP contribution is -2.30. The molecule has 6 heteroatoms. The summed E-state index contributed by atoms with van der Waals surface area (Å²) in [6, 6.07) is 14.5. The third-order valence-corrected chi connectivity index (χ3v) is 4.30. The molecule has 0 bridgehead atoms. The Morgan fingerprint density at radius 3 is 2.38 bits per heavy atom. The highest BCUT2D eigenvalue weighted by Crippen LogP contribution is 2.15. The van der Waals surface area contributed by atoms with Gasteiger partial charge in [-0.1, -0.05) is 23.7 Å². The number of ether oxygens (including phenoxy) is 1. The first-order valence-electron chi connectivity index (χ1n) is 7.41. The second kappa shape index (κ2) is 9.35. The second-order valence-corrected chi connectivity index (χ2v) is 6.35. The molecule has 0 heterocycles. The minimum Gasteiger partial charge on any atom is -0.452 e. The third-order valence-electron chi connectivity index (χ3n) is 3.31. The van der Waals surface area contributed by atoms with Crippen LogP contribution in [0.1, 0.15) is 15.9 Å². The van der Waals surface area contributed by atoms with Gasteiger partial charge in [-0.25, -0.2) is 4.79 Å². The molecule has 0 saturated carbocycles. The number of carbonyl (C=O) groups is 2. The first-order valence-corrected chi connectivity index (χ1v) is 9.01. The first-order chi connectivity index (χ1) is 11.6. The minimum absolute atomic E-state index is 0.288. The van der Waals surface area contributed by atoms with Gasteiger partial charge in [0.05, 0.1) is 5.56 Å². The van der Waals surface area contributed by atoms with Crippen LogP contribution in [-0.2, 0) is 16.0 Å². The molecule has 0 aromatic heterocycles. The van der Waals surface area contributed by atoms with Gasteiger partial charge in [0.25, 0.3) is 5.91 Å². The van der Waals surface area contributed by atoms with Crippen molar-refractivity contribution in [3.63, 3.8) is 0 Å². The Bertz CT molecular complexity index is 686. The zero-order chi connectivity index (χ0) is 17.4. The molecule has 0 spiro atoms. The molecule has 0 saturated heterocycles. The molecule has 1 amide bonds. The van der Waals surface area contributed by atoms with E-state index >= 15 is 0 Å². The van der Waals surface area contributed by atoms with Crippen molar-refractivity contribution in [2.45, 2.75) is 11.3 Å². The number of carbonyl (C=O) groups excluding carboxylic acids is 2. The van der Waals surface area contributed by atoms with E-state index in [2.05, 4.69) is 5.32 Å². The maximum absolute atomic E-state index is 11.9. The van der Waals surface area contributed by atoms with Gasteiger partial charge in [0.1, 0.15) is 0 Å². The number of nitrogens with one attached hydrogen (secondary N) is 1. The van der Waals surface area contributed by atoms with Crippen LogP contribution in [-0.4, -0.2) is 31.3 Å². The Labute approximate surface area is 150 Å². The Morgan fingerprint density at radius 1 is 1.08 bits per heavy atom. The minimum atomic E-state index is -0.504. The zero-order valence-electron chi connectivity index (χ0n) is 13.3. The number of rotatable bonds is 7. The van der Waals surface area contributed by atoms with Crippen LogP contribution in [0.25, 0.3) is 0 Å². The molecule has 2 aromatic rings. The Morgan fingerprint density at radius 2 is 1.75 bits per heavy atom. The Balaban J connectivity index is 1.70. The maximum Gasteiger partial charge on any atom is 0.338 e. The molecule has 1 N–H and O–H groups in total. The lowest BCUT2D eigenvalue weighted by atomic mass is 10.1. The van der Waals surface area contributed by atoms with E-state index in [0.717, 1.165) is 10.5 Å². The smallest absolute Gasteiger partial charge is 0.338 e. The van der Waals surface area contributed by atoms with Gasteiger partial charge < -0.3 is 10.1 Å². The van der Waals surface area contributed by atoms with E-state index < -0.39 is 5.97 Å². The molecule has 0 unspecified atom stereocenters. The van der Waals surface area contributed by atoms with E-state index in [1.165, 1.54) is 0 Å². The van der Waals surface area contributed by atoms with Crippen molar-refractivity contribution in [2.24, 2.45) is 0 Å². The number of hydrogen-bond acceptors (Lipinski definition) is 4. The molecule has 0 fully saturated rings. The quantitative estimate of drug-likeness (QED) is 0.603. The fraction of sp³-hybridized carbons (Fsp3) is 0.222. The molecule has 2 aromatic carbocycles. The van der Waals surface area contributed by atoms with Crippen LogP contribution in [0.4, 0.5) is 0 Å². The van der Waals surface area contributed by atoms with E-state index in [9.17, 15) is 9.59 Å². The van der Waals surface area contributed by atoms with Gasteiger partial charge in [-0.15, -0.1) is 11.8 Å². The highest BCUT2D eigenvalue weighted by Gasteiger charge is 2.09. The summed E-state index contributed by atoms with van der Waals surface area (Å²) in [5.41, 5.74) is 1.51. The van der Waals surface area contributed by atoms with Crippen molar-refractivity contribution in [3.05, 3.63) is 64.7 Å². The van der Waals surface area contributed by atoms with E-state index in [4.69, 9.17) is 16.3 Å². The summed E-state index contributed by atoms with van der Waals surface area (Å²) in [4.78, 5) is 24.6. The van der Waals surface area contributed by atoms with Crippen LogP contribution in [0, 0.1) is 0 Å². The van der Waals surface area contributed by atoms with Crippen LogP contribution in [0.2, 0.25) is 5.02 Å². The number of thioether (sulfide) groups is 1. The van der Waals surface area contributed by atoms with Crippen LogP contribution in [0.15, 0.2) is 53.4 Å². The van der Waals surface area contributed by atoms with Gasteiger partial charge in [-0.05, 0) is 54.6 Å². The molecule has 0 atom stereocenters. The first kappa shape index (κ1) is 18.4. The molecule has 0 aliphatic carbocycles. The standard InChI is InChI=1S/C18H18ClNO3S/c1-24-16-8-4-14(5-9-16)18(22)23-12-17(21)20-11-10-13-2-6-15(19)7-3-13/h2-9H,10-12H2,1H3,(H,20,21). The summed E-state index contributed by atoms with van der Waals surface area (Å²) in [5, 5.41) is 3.40. The average Bonchev–Trinajstić information content (AvgIpc) is 2.61. The topological polar surface area (TPSA) is 55.4 Å². The third kappa shape index (κ3) is 5.91. The van der Waals surface area contributed by atoms with Crippen molar-refractivity contribution in [2.75, 3.05) is 19.4 Å². The van der Waals surface area contributed by atoms with Crippen molar-refractivity contribution >= 4 is 35.2 Å². The number of esters is 1. The zero-order valence-corrected chi connectivity index (χ0v) is 14.8. The monoisotopic (exact) mass is 363 g/mol. The van der Waals surface area contributed by atoms with Gasteiger partial charge in [0.15, 0.2) is 6.61 Å². The average molecular weight is 364 g/mol. The van der Waals surface area contributed by atoms with Gasteiger partial charge in [0.2, 0.25) is 0 Å². The van der Waals surface area contributed by atoms with Gasteiger partial charge in [-0.3, -0.25) is 4.79 Å². The molecular formula is C18H18ClNO3S. The number of hydrogen-bond donors (Lipinski definition) is 1.